The van der Waals surface area contributed by atoms with Crippen LogP contribution in [0.1, 0.15) is 22.8 Å². The molecule has 5 rings (SSSR count). The van der Waals surface area contributed by atoms with Crippen LogP contribution < -0.4 is 4.74 Å². The van der Waals surface area contributed by atoms with Crippen molar-refractivity contribution >= 4 is 5.90 Å². The smallest absolute Gasteiger partial charge is 0.217 e. The quantitative estimate of drug-likeness (QED) is 0.361. The molecule has 2 unspecified atom stereocenters. The SMILES string of the molecule is c1ccc(CC2N=C(c3ccc(Oc4ccccc4)cc3)OC2c2ccccc2)cc1. The minimum Gasteiger partial charge on any atom is -0.467 e. The number of nitrogens with zero attached hydrogens (tertiary/aromatic N) is 1. The van der Waals surface area contributed by atoms with Gasteiger partial charge in [-0.2, -0.15) is 0 Å². The molecule has 0 saturated carbocycles. The highest BCUT2D eigenvalue weighted by Gasteiger charge is 2.32. The summed E-state index contributed by atoms with van der Waals surface area (Å²) in [5.74, 6) is 2.28. The molecule has 2 atom stereocenters. The maximum atomic E-state index is 6.39. The number of hydrogen-bond acceptors (Lipinski definition) is 3. The molecule has 4 aromatic rings. The molecule has 0 fully saturated rings. The number of aliphatic imine (C=N–C) groups is 1. The molecule has 0 aliphatic carbocycles. The zero-order valence-electron chi connectivity index (χ0n) is 17.1. The molecule has 0 N–H and O–H groups in total. The van der Waals surface area contributed by atoms with Crippen LogP contribution in [0.5, 0.6) is 11.5 Å². The summed E-state index contributed by atoms with van der Waals surface area (Å²) in [6.45, 7) is 0. The Bertz CT molecular complexity index is 1140. The van der Waals surface area contributed by atoms with Crippen molar-refractivity contribution < 1.29 is 9.47 Å². The molecule has 3 heteroatoms. The minimum absolute atomic E-state index is 0.0278. The number of rotatable bonds is 6. The fraction of sp³-hybridized carbons (Fsp3) is 0.107. The molecule has 31 heavy (non-hydrogen) atoms. The maximum Gasteiger partial charge on any atom is 0.217 e. The predicted molar refractivity (Wildman–Crippen MR) is 124 cm³/mol. The molecule has 152 valence electrons. The van der Waals surface area contributed by atoms with E-state index < -0.39 is 0 Å². The molecule has 1 aliphatic heterocycles. The van der Waals surface area contributed by atoms with E-state index in [1.165, 1.54) is 5.56 Å². The first-order valence-electron chi connectivity index (χ1n) is 10.5. The van der Waals surface area contributed by atoms with E-state index in [2.05, 4.69) is 36.4 Å². The third-order valence-corrected chi connectivity index (χ3v) is 5.37. The van der Waals surface area contributed by atoms with Gasteiger partial charge in [-0.15, -0.1) is 0 Å². The van der Waals surface area contributed by atoms with Crippen LogP contribution in [-0.4, -0.2) is 11.9 Å². The molecule has 3 nitrogen and oxygen atoms in total. The van der Waals surface area contributed by atoms with Gasteiger partial charge in [0.05, 0.1) is 6.04 Å². The Hall–Kier alpha value is -3.85. The Labute approximate surface area is 182 Å². The third-order valence-electron chi connectivity index (χ3n) is 5.37. The highest BCUT2D eigenvalue weighted by Crippen LogP contribution is 2.33. The zero-order valence-corrected chi connectivity index (χ0v) is 17.1. The van der Waals surface area contributed by atoms with Crippen molar-refractivity contribution in [1.82, 2.24) is 0 Å². The molecule has 1 aliphatic rings. The van der Waals surface area contributed by atoms with Crippen LogP contribution >= 0.6 is 0 Å². The summed E-state index contributed by atoms with van der Waals surface area (Å²) in [6.07, 6.45) is 0.732. The van der Waals surface area contributed by atoms with Gasteiger partial charge in [-0.05, 0) is 53.9 Å². The molecule has 0 spiro atoms. The average Bonchev–Trinajstić information content (AvgIpc) is 3.25. The van der Waals surface area contributed by atoms with E-state index in [1.807, 2.05) is 78.9 Å². The van der Waals surface area contributed by atoms with Crippen LogP contribution in [0.2, 0.25) is 0 Å². The summed E-state index contributed by atoms with van der Waals surface area (Å²) in [4.78, 5) is 4.98. The lowest BCUT2D eigenvalue weighted by Crippen LogP contribution is -2.16. The average molecular weight is 405 g/mol. The molecular formula is C28H23NO2. The van der Waals surface area contributed by atoms with E-state index in [0.717, 1.165) is 29.0 Å². The summed E-state index contributed by atoms with van der Waals surface area (Å²) in [7, 11) is 0. The van der Waals surface area contributed by atoms with Crippen molar-refractivity contribution in [1.29, 1.82) is 0 Å². The summed E-state index contributed by atoms with van der Waals surface area (Å²) in [6, 6.07) is 38.5. The van der Waals surface area contributed by atoms with Gasteiger partial charge in [-0.25, -0.2) is 4.99 Å². The lowest BCUT2D eigenvalue weighted by molar-refractivity contribution is 0.195. The van der Waals surface area contributed by atoms with E-state index in [9.17, 15) is 0 Å². The second kappa shape index (κ2) is 8.88. The molecule has 0 saturated heterocycles. The van der Waals surface area contributed by atoms with E-state index in [4.69, 9.17) is 14.5 Å². The van der Waals surface area contributed by atoms with Crippen molar-refractivity contribution in [3.8, 4) is 11.5 Å². The lowest BCUT2D eigenvalue weighted by Gasteiger charge is -2.18. The molecule has 0 radical (unpaired) electrons. The van der Waals surface area contributed by atoms with Gasteiger partial charge in [-0.3, -0.25) is 0 Å². The van der Waals surface area contributed by atoms with Crippen LogP contribution in [0.25, 0.3) is 0 Å². The Morgan fingerprint density at radius 1 is 0.645 bits per heavy atom. The summed E-state index contributed by atoms with van der Waals surface area (Å²) in [5, 5.41) is 0. The van der Waals surface area contributed by atoms with Gasteiger partial charge in [0.15, 0.2) is 0 Å². The molecule has 1 heterocycles. The van der Waals surface area contributed by atoms with Gasteiger partial charge in [0.2, 0.25) is 5.90 Å². The van der Waals surface area contributed by atoms with Crippen molar-refractivity contribution in [3.05, 3.63) is 132 Å². The monoisotopic (exact) mass is 405 g/mol. The van der Waals surface area contributed by atoms with Gasteiger partial charge in [-0.1, -0.05) is 78.9 Å². The molecule has 0 aromatic heterocycles. The minimum atomic E-state index is -0.100. The van der Waals surface area contributed by atoms with Gasteiger partial charge in [0.25, 0.3) is 0 Å². The normalized spacial score (nSPS) is 17.6. The van der Waals surface area contributed by atoms with Crippen molar-refractivity contribution in [2.75, 3.05) is 0 Å². The maximum absolute atomic E-state index is 6.39. The Morgan fingerprint density at radius 3 is 1.90 bits per heavy atom. The summed E-state index contributed by atoms with van der Waals surface area (Å²) < 4.78 is 12.3. The van der Waals surface area contributed by atoms with Crippen LogP contribution in [0.4, 0.5) is 0 Å². The Morgan fingerprint density at radius 2 is 1.23 bits per heavy atom. The van der Waals surface area contributed by atoms with Crippen LogP contribution in [0, 0.1) is 0 Å². The van der Waals surface area contributed by atoms with Gasteiger partial charge in [0.1, 0.15) is 17.6 Å². The van der Waals surface area contributed by atoms with E-state index in [-0.39, 0.29) is 12.1 Å². The molecule has 0 bridgehead atoms. The van der Waals surface area contributed by atoms with Crippen LogP contribution in [0.3, 0.4) is 0 Å². The number of benzene rings is 4. The topological polar surface area (TPSA) is 30.8 Å². The fourth-order valence-electron chi connectivity index (χ4n) is 3.82. The predicted octanol–water partition coefficient (Wildman–Crippen LogP) is 6.61. The van der Waals surface area contributed by atoms with Gasteiger partial charge < -0.3 is 9.47 Å². The van der Waals surface area contributed by atoms with Gasteiger partial charge >= 0.3 is 0 Å². The van der Waals surface area contributed by atoms with Crippen LogP contribution in [0.15, 0.2) is 120 Å². The lowest BCUT2D eigenvalue weighted by atomic mass is 9.97. The first-order chi connectivity index (χ1) is 15.3. The first kappa shape index (κ1) is 19.1. The number of hydrogen-bond donors (Lipinski definition) is 0. The second-order valence-corrected chi connectivity index (χ2v) is 7.58. The van der Waals surface area contributed by atoms with Crippen molar-refractivity contribution in [3.63, 3.8) is 0 Å². The highest BCUT2D eigenvalue weighted by atomic mass is 16.5. The van der Waals surface area contributed by atoms with Crippen molar-refractivity contribution in [2.45, 2.75) is 18.6 Å². The van der Waals surface area contributed by atoms with Crippen LogP contribution in [-0.2, 0) is 11.2 Å². The molecular weight excluding hydrogens is 382 g/mol. The number of ether oxygens (including phenoxy) is 2. The fourth-order valence-corrected chi connectivity index (χ4v) is 3.82. The van der Waals surface area contributed by atoms with Gasteiger partial charge in [0, 0.05) is 5.56 Å². The van der Waals surface area contributed by atoms with E-state index in [1.54, 1.807) is 0 Å². The van der Waals surface area contributed by atoms with E-state index >= 15 is 0 Å². The standard InChI is InChI=1S/C28H23NO2/c1-4-10-21(11-5-1)20-26-27(22-12-6-2-7-13-22)31-28(29-26)23-16-18-25(19-17-23)30-24-14-8-3-9-15-24/h1-19,26-27H,20H2. The summed E-state index contributed by atoms with van der Waals surface area (Å²) >= 11 is 0. The largest absolute Gasteiger partial charge is 0.467 e. The zero-order chi connectivity index (χ0) is 20.9. The van der Waals surface area contributed by atoms with E-state index in [0.29, 0.717) is 5.90 Å². The first-order valence-corrected chi connectivity index (χ1v) is 10.5. The second-order valence-electron chi connectivity index (χ2n) is 7.58. The highest BCUT2D eigenvalue weighted by molar-refractivity contribution is 5.95. The number of para-hydroxylation sites is 1. The third kappa shape index (κ3) is 4.51. The summed E-state index contributed by atoms with van der Waals surface area (Å²) in [5.41, 5.74) is 3.36. The Balaban J connectivity index is 1.38. The Kier molecular flexibility index (Phi) is 5.48. The molecule has 4 aromatic carbocycles. The molecule has 0 amide bonds. The van der Waals surface area contributed by atoms with Crippen molar-refractivity contribution in [2.24, 2.45) is 4.99 Å².